The molecule has 0 spiro atoms. The van der Waals surface area contributed by atoms with Gasteiger partial charge in [0.05, 0.1) is 18.8 Å². The van der Waals surface area contributed by atoms with Crippen LogP contribution in [0.4, 0.5) is 0 Å². The molecule has 0 radical (unpaired) electrons. The predicted molar refractivity (Wildman–Crippen MR) is 72.8 cm³/mol. The Balaban J connectivity index is 1.48. The van der Waals surface area contributed by atoms with Crippen molar-refractivity contribution in [1.82, 2.24) is 5.32 Å². The third-order valence-corrected chi connectivity index (χ3v) is 4.08. The summed E-state index contributed by atoms with van der Waals surface area (Å²) < 4.78 is 10.9. The highest BCUT2D eigenvalue weighted by Gasteiger charge is 2.36. The van der Waals surface area contributed by atoms with Crippen molar-refractivity contribution in [3.8, 4) is 0 Å². The summed E-state index contributed by atoms with van der Waals surface area (Å²) in [7, 11) is 0. The Morgan fingerprint density at radius 2 is 2.21 bits per heavy atom. The first-order valence-corrected chi connectivity index (χ1v) is 7.43. The maximum atomic E-state index is 11.9. The zero-order valence-electron chi connectivity index (χ0n) is 11.7. The highest BCUT2D eigenvalue weighted by atomic mass is 16.5. The van der Waals surface area contributed by atoms with E-state index < -0.39 is 5.54 Å². The Labute approximate surface area is 115 Å². The minimum absolute atomic E-state index is 0.00851. The molecule has 3 N–H and O–H groups in total. The molecule has 19 heavy (non-hydrogen) atoms. The highest BCUT2D eigenvalue weighted by Crippen LogP contribution is 2.27. The van der Waals surface area contributed by atoms with Crippen molar-refractivity contribution >= 4 is 5.91 Å². The van der Waals surface area contributed by atoms with Gasteiger partial charge in [-0.25, -0.2) is 0 Å². The van der Waals surface area contributed by atoms with Gasteiger partial charge in [-0.2, -0.15) is 0 Å². The summed E-state index contributed by atoms with van der Waals surface area (Å²) in [6.07, 6.45) is 5.71. The summed E-state index contributed by atoms with van der Waals surface area (Å²) in [5.74, 6) is 0.564. The fourth-order valence-electron chi connectivity index (χ4n) is 2.75. The minimum Gasteiger partial charge on any atom is -0.381 e. The van der Waals surface area contributed by atoms with Crippen molar-refractivity contribution in [1.29, 1.82) is 0 Å². The predicted octanol–water partition coefficient (Wildman–Crippen LogP) is 0.817. The van der Waals surface area contributed by atoms with Gasteiger partial charge in [-0.1, -0.05) is 12.8 Å². The molecule has 1 amide bonds. The Hall–Kier alpha value is -0.650. The fraction of sp³-hybridized carbons (Fsp3) is 0.929. The van der Waals surface area contributed by atoms with E-state index >= 15 is 0 Å². The number of hydrogen-bond acceptors (Lipinski definition) is 4. The van der Waals surface area contributed by atoms with Gasteiger partial charge in [0.1, 0.15) is 0 Å². The molecule has 1 atom stereocenters. The van der Waals surface area contributed by atoms with Gasteiger partial charge in [-0.05, 0) is 25.7 Å². The molecule has 5 nitrogen and oxygen atoms in total. The van der Waals surface area contributed by atoms with Crippen LogP contribution in [0.1, 0.15) is 38.5 Å². The number of ether oxygens (including phenoxy) is 2. The van der Waals surface area contributed by atoms with E-state index in [1.165, 1.54) is 0 Å². The standard InChI is InChI=1S/C14H26N2O3/c15-14(5-1-2-6-14)13(17)16-7-3-8-18-10-12-4-9-19-11-12/h12H,1-11,15H2,(H,16,17). The van der Waals surface area contributed by atoms with Crippen LogP contribution in [0, 0.1) is 5.92 Å². The van der Waals surface area contributed by atoms with Gasteiger partial charge in [0.15, 0.2) is 0 Å². The van der Waals surface area contributed by atoms with Crippen molar-refractivity contribution in [2.24, 2.45) is 11.7 Å². The van der Waals surface area contributed by atoms with Gasteiger partial charge in [-0.15, -0.1) is 0 Å². The average Bonchev–Trinajstić information content (AvgIpc) is 3.05. The molecule has 1 heterocycles. The van der Waals surface area contributed by atoms with Gasteiger partial charge in [-0.3, -0.25) is 4.79 Å². The van der Waals surface area contributed by atoms with Gasteiger partial charge >= 0.3 is 0 Å². The van der Waals surface area contributed by atoms with Gasteiger partial charge in [0.25, 0.3) is 0 Å². The molecule has 1 unspecified atom stereocenters. The maximum absolute atomic E-state index is 11.9. The van der Waals surface area contributed by atoms with E-state index in [4.69, 9.17) is 15.2 Å². The van der Waals surface area contributed by atoms with Crippen molar-refractivity contribution in [2.75, 3.05) is 33.0 Å². The molecular weight excluding hydrogens is 244 g/mol. The van der Waals surface area contributed by atoms with Crippen molar-refractivity contribution < 1.29 is 14.3 Å². The number of carbonyl (C=O) groups is 1. The summed E-state index contributed by atoms with van der Waals surface area (Å²) in [6, 6.07) is 0. The molecular formula is C14H26N2O3. The first kappa shape index (κ1) is 14.8. The molecule has 5 heteroatoms. The zero-order valence-corrected chi connectivity index (χ0v) is 11.7. The average molecular weight is 270 g/mol. The molecule has 1 saturated heterocycles. The summed E-state index contributed by atoms with van der Waals surface area (Å²) in [4.78, 5) is 11.9. The van der Waals surface area contributed by atoms with E-state index in [1.807, 2.05) is 0 Å². The van der Waals surface area contributed by atoms with Gasteiger partial charge in [0.2, 0.25) is 5.91 Å². The Kier molecular flexibility index (Phi) is 5.60. The second-order valence-electron chi connectivity index (χ2n) is 5.78. The molecule has 1 aliphatic heterocycles. The number of nitrogens with two attached hydrogens (primary N) is 1. The highest BCUT2D eigenvalue weighted by molar-refractivity contribution is 5.86. The molecule has 1 aliphatic carbocycles. The van der Waals surface area contributed by atoms with Crippen LogP contribution in [-0.4, -0.2) is 44.4 Å². The van der Waals surface area contributed by atoms with Gasteiger partial charge < -0.3 is 20.5 Å². The van der Waals surface area contributed by atoms with Crippen molar-refractivity contribution in [3.05, 3.63) is 0 Å². The Morgan fingerprint density at radius 1 is 1.42 bits per heavy atom. The second kappa shape index (κ2) is 7.22. The molecule has 2 aliphatic rings. The number of rotatable bonds is 7. The van der Waals surface area contributed by atoms with E-state index in [-0.39, 0.29) is 5.91 Å². The number of nitrogens with one attached hydrogen (secondary N) is 1. The van der Waals surface area contributed by atoms with Crippen LogP contribution in [0.3, 0.4) is 0 Å². The van der Waals surface area contributed by atoms with Crippen LogP contribution < -0.4 is 11.1 Å². The van der Waals surface area contributed by atoms with Crippen molar-refractivity contribution in [3.63, 3.8) is 0 Å². The molecule has 0 aromatic carbocycles. The molecule has 2 fully saturated rings. The Morgan fingerprint density at radius 3 is 2.89 bits per heavy atom. The van der Waals surface area contributed by atoms with Crippen LogP contribution in [0.2, 0.25) is 0 Å². The topological polar surface area (TPSA) is 73.6 Å². The SMILES string of the molecule is NC1(C(=O)NCCCOCC2CCOC2)CCCC1. The van der Waals surface area contributed by atoms with E-state index in [2.05, 4.69) is 5.32 Å². The first-order valence-electron chi connectivity index (χ1n) is 7.43. The first-order chi connectivity index (χ1) is 9.21. The smallest absolute Gasteiger partial charge is 0.240 e. The van der Waals surface area contributed by atoms with Crippen LogP contribution in [0.5, 0.6) is 0 Å². The summed E-state index contributed by atoms with van der Waals surface area (Å²) in [5, 5.41) is 2.92. The third-order valence-electron chi connectivity index (χ3n) is 4.08. The van der Waals surface area contributed by atoms with Gasteiger partial charge in [0, 0.05) is 25.7 Å². The van der Waals surface area contributed by atoms with Crippen LogP contribution >= 0.6 is 0 Å². The van der Waals surface area contributed by atoms with E-state index in [0.29, 0.717) is 19.1 Å². The molecule has 110 valence electrons. The summed E-state index contributed by atoms with van der Waals surface area (Å²) >= 11 is 0. The molecule has 0 aromatic heterocycles. The maximum Gasteiger partial charge on any atom is 0.240 e. The third kappa shape index (κ3) is 4.44. The largest absolute Gasteiger partial charge is 0.381 e. The van der Waals surface area contributed by atoms with Crippen LogP contribution in [0.15, 0.2) is 0 Å². The molecule has 0 aromatic rings. The Bertz CT molecular complexity index is 284. The van der Waals surface area contributed by atoms with E-state index in [9.17, 15) is 4.79 Å². The number of carbonyl (C=O) groups excluding carboxylic acids is 1. The fourth-order valence-corrected chi connectivity index (χ4v) is 2.75. The molecule has 1 saturated carbocycles. The lowest BCUT2D eigenvalue weighted by atomic mass is 9.98. The second-order valence-corrected chi connectivity index (χ2v) is 5.78. The lowest BCUT2D eigenvalue weighted by Gasteiger charge is -2.22. The summed E-state index contributed by atoms with van der Waals surface area (Å²) in [6.45, 7) is 3.80. The van der Waals surface area contributed by atoms with Crippen molar-refractivity contribution in [2.45, 2.75) is 44.1 Å². The zero-order chi connectivity index (χ0) is 13.6. The summed E-state index contributed by atoms with van der Waals surface area (Å²) in [5.41, 5.74) is 5.46. The number of amides is 1. The van der Waals surface area contributed by atoms with E-state index in [0.717, 1.165) is 58.3 Å². The van der Waals surface area contributed by atoms with Crippen LogP contribution in [-0.2, 0) is 14.3 Å². The normalized spacial score (nSPS) is 25.6. The lowest BCUT2D eigenvalue weighted by Crippen LogP contribution is -2.52. The monoisotopic (exact) mass is 270 g/mol. The number of hydrogen-bond donors (Lipinski definition) is 2. The van der Waals surface area contributed by atoms with Crippen LogP contribution in [0.25, 0.3) is 0 Å². The quantitative estimate of drug-likeness (QED) is 0.672. The molecule has 0 bridgehead atoms. The molecule has 2 rings (SSSR count). The lowest BCUT2D eigenvalue weighted by molar-refractivity contribution is -0.126. The van der Waals surface area contributed by atoms with E-state index in [1.54, 1.807) is 0 Å². The minimum atomic E-state index is -0.609.